The molecule has 0 spiro atoms. The van der Waals surface area contributed by atoms with Gasteiger partial charge in [0.2, 0.25) is 0 Å². The number of sulfonamides is 1. The van der Waals surface area contributed by atoms with Gasteiger partial charge in [-0.25, -0.2) is 17.8 Å². The summed E-state index contributed by atoms with van der Waals surface area (Å²) in [6, 6.07) is 2.28. The van der Waals surface area contributed by atoms with Gasteiger partial charge in [-0.2, -0.15) is 4.39 Å². The van der Waals surface area contributed by atoms with Gasteiger partial charge in [-0.1, -0.05) is 49.6 Å². The average Bonchev–Trinajstić information content (AvgIpc) is 3.07. The highest BCUT2D eigenvalue weighted by atomic mass is 35.5. The second kappa shape index (κ2) is 11.1. The number of aromatic nitrogens is 1. The number of nitrogens with zero attached hydrogens (tertiary/aromatic N) is 1. The van der Waals surface area contributed by atoms with Crippen molar-refractivity contribution < 1.29 is 17.2 Å². The van der Waals surface area contributed by atoms with E-state index in [9.17, 15) is 17.2 Å². The summed E-state index contributed by atoms with van der Waals surface area (Å²) in [6.45, 7) is 5.60. The largest absolute Gasteiger partial charge is 0.382 e. The zero-order valence-electron chi connectivity index (χ0n) is 16.3. The van der Waals surface area contributed by atoms with Crippen LogP contribution in [-0.4, -0.2) is 32.5 Å². The molecule has 1 unspecified atom stereocenters. The zero-order valence-corrected chi connectivity index (χ0v) is 18.7. The summed E-state index contributed by atoms with van der Waals surface area (Å²) in [6.07, 6.45) is 4.97. The highest BCUT2D eigenvalue weighted by Gasteiger charge is 2.23. The highest BCUT2D eigenvalue weighted by molar-refractivity contribution is 7.93. The third-order valence-electron chi connectivity index (χ3n) is 4.14. The molecule has 29 heavy (non-hydrogen) atoms. The molecule has 0 aliphatic carbocycles. The van der Waals surface area contributed by atoms with E-state index in [0.29, 0.717) is 23.6 Å². The second-order valence-corrected chi connectivity index (χ2v) is 9.55. The lowest BCUT2D eigenvalue weighted by atomic mass is 10.1. The number of hydrogen-bond donors (Lipinski definition) is 3. The number of benzene rings is 1. The number of rotatable bonds is 12. The van der Waals surface area contributed by atoms with Crippen molar-refractivity contribution in [2.24, 2.45) is 0 Å². The highest BCUT2D eigenvalue weighted by Crippen LogP contribution is 2.30. The molecule has 11 heteroatoms. The molecule has 3 N–H and O–H groups in total. The molecule has 1 atom stereocenters. The topological polar surface area (TPSA) is 83.1 Å². The first kappa shape index (κ1) is 23.8. The van der Waals surface area contributed by atoms with Crippen molar-refractivity contribution in [1.29, 1.82) is 0 Å². The molecule has 0 radical (unpaired) electrons. The molecule has 6 nitrogen and oxygen atoms in total. The minimum absolute atomic E-state index is 0.0711. The van der Waals surface area contributed by atoms with Crippen molar-refractivity contribution in [2.45, 2.75) is 50.5 Å². The molecule has 2 rings (SSSR count). The minimum Gasteiger partial charge on any atom is -0.382 e. The Morgan fingerprint density at radius 2 is 2.00 bits per heavy atom. The molecule has 2 aromatic rings. The Balaban J connectivity index is 2.13. The average molecular weight is 467 g/mol. The Bertz CT molecular complexity index is 901. The smallest absolute Gasteiger partial charge is 0.266 e. The lowest BCUT2D eigenvalue weighted by molar-refractivity contribution is 0.480. The zero-order chi connectivity index (χ0) is 21.4. The quantitative estimate of drug-likeness (QED) is 0.416. The fourth-order valence-corrected chi connectivity index (χ4v) is 4.82. The van der Waals surface area contributed by atoms with Crippen LogP contribution in [0.2, 0.25) is 5.02 Å². The molecule has 0 saturated carbocycles. The lowest BCUT2D eigenvalue weighted by Crippen LogP contribution is -2.36. The van der Waals surface area contributed by atoms with E-state index in [-0.39, 0.29) is 16.2 Å². The lowest BCUT2D eigenvalue weighted by Gasteiger charge is -2.20. The molecule has 1 aromatic carbocycles. The van der Waals surface area contributed by atoms with Crippen molar-refractivity contribution in [3.05, 3.63) is 34.3 Å². The van der Waals surface area contributed by atoms with E-state index in [1.807, 2.05) is 0 Å². The normalized spacial score (nSPS) is 12.7. The van der Waals surface area contributed by atoms with Crippen molar-refractivity contribution in [3.63, 3.8) is 0 Å². The van der Waals surface area contributed by atoms with Crippen LogP contribution in [0, 0.1) is 10.9 Å². The number of halogens is 3. The van der Waals surface area contributed by atoms with E-state index in [1.165, 1.54) is 0 Å². The maximum absolute atomic E-state index is 14.5. The Morgan fingerprint density at radius 3 is 2.62 bits per heavy atom. The van der Waals surface area contributed by atoms with Crippen molar-refractivity contribution in [3.8, 4) is 0 Å². The molecule has 162 valence electrons. The first-order chi connectivity index (χ1) is 13.8. The first-order valence-electron chi connectivity index (χ1n) is 9.37. The molecule has 0 aliphatic heterocycles. The molecular weight excluding hydrogens is 442 g/mol. The molecule has 0 aliphatic rings. The first-order valence-corrected chi connectivity index (χ1v) is 12.0. The van der Waals surface area contributed by atoms with Gasteiger partial charge < -0.3 is 10.6 Å². The van der Waals surface area contributed by atoms with Crippen LogP contribution in [0.1, 0.15) is 39.5 Å². The van der Waals surface area contributed by atoms with Gasteiger partial charge >= 0.3 is 0 Å². The van der Waals surface area contributed by atoms with Crippen LogP contribution < -0.4 is 15.4 Å². The Kier molecular flexibility index (Phi) is 9.06. The van der Waals surface area contributed by atoms with Crippen molar-refractivity contribution in [1.82, 2.24) is 10.3 Å². The van der Waals surface area contributed by atoms with Gasteiger partial charge in [0.05, 0.1) is 16.9 Å². The summed E-state index contributed by atoms with van der Waals surface area (Å²) in [5.74, 6) is -0.965. The Hall–Kier alpha value is -1.49. The fraction of sp³-hybridized carbons (Fsp3) is 0.500. The number of thiazole rings is 1. The molecule has 0 amide bonds. The predicted octanol–water partition coefficient (Wildman–Crippen LogP) is 4.85. The van der Waals surface area contributed by atoms with Crippen LogP contribution in [0.4, 0.5) is 19.6 Å². The van der Waals surface area contributed by atoms with E-state index in [4.69, 9.17) is 11.6 Å². The number of hydrogen-bond acceptors (Lipinski definition) is 6. The SMILES string of the molecule is CCCCC(CNc1cc(F)c(S(=O)(=O)Nc2ncc(F)s2)cc1Cl)NCCC. The number of nitrogens with one attached hydrogen (secondary N) is 3. The molecule has 0 fully saturated rings. The van der Waals surface area contributed by atoms with Gasteiger partial charge in [0.25, 0.3) is 10.0 Å². The molecular formula is C18H25ClF2N4O2S2. The van der Waals surface area contributed by atoms with Gasteiger partial charge in [-0.05, 0) is 31.5 Å². The van der Waals surface area contributed by atoms with Crippen LogP contribution in [0.15, 0.2) is 23.2 Å². The van der Waals surface area contributed by atoms with Gasteiger partial charge in [-0.3, -0.25) is 4.72 Å². The van der Waals surface area contributed by atoms with E-state index in [1.54, 1.807) is 0 Å². The van der Waals surface area contributed by atoms with Crippen LogP contribution in [0.25, 0.3) is 0 Å². The van der Waals surface area contributed by atoms with Crippen molar-refractivity contribution >= 4 is 43.8 Å². The second-order valence-electron chi connectivity index (χ2n) is 6.51. The predicted molar refractivity (Wildman–Crippen MR) is 114 cm³/mol. The third-order valence-corrected chi connectivity index (χ3v) is 6.64. The van der Waals surface area contributed by atoms with Crippen LogP contribution in [-0.2, 0) is 10.0 Å². The monoisotopic (exact) mass is 466 g/mol. The van der Waals surface area contributed by atoms with Gasteiger partial charge in [0.1, 0.15) is 10.7 Å². The summed E-state index contributed by atoms with van der Waals surface area (Å²) in [5.41, 5.74) is 0.309. The standard InChI is InChI=1S/C18H25ClF2N4O2S2/c1-3-5-6-12(22-7-4-2)10-23-15-9-14(20)16(8-13(15)19)29(26,27)25-18-24-11-17(21)28-18/h8-9,11-12,22-23H,3-7,10H2,1-2H3,(H,24,25). The summed E-state index contributed by atoms with van der Waals surface area (Å²) in [4.78, 5) is 2.94. The van der Waals surface area contributed by atoms with Gasteiger partial charge in [0.15, 0.2) is 10.3 Å². The van der Waals surface area contributed by atoms with E-state index >= 15 is 0 Å². The fourth-order valence-electron chi connectivity index (χ4n) is 2.65. The van der Waals surface area contributed by atoms with E-state index in [0.717, 1.165) is 50.6 Å². The summed E-state index contributed by atoms with van der Waals surface area (Å²) in [5, 5.41) is 5.75. The Labute approximate surface area is 179 Å². The maximum Gasteiger partial charge on any atom is 0.266 e. The van der Waals surface area contributed by atoms with Gasteiger partial charge in [-0.15, -0.1) is 0 Å². The third kappa shape index (κ3) is 7.06. The van der Waals surface area contributed by atoms with Gasteiger partial charge in [0, 0.05) is 12.6 Å². The molecule has 1 heterocycles. The summed E-state index contributed by atoms with van der Waals surface area (Å²) < 4.78 is 54.4. The molecule has 0 saturated heterocycles. The molecule has 1 aromatic heterocycles. The number of unbranched alkanes of at least 4 members (excludes halogenated alkanes) is 1. The van der Waals surface area contributed by atoms with Crippen molar-refractivity contribution in [2.75, 3.05) is 23.1 Å². The summed E-state index contributed by atoms with van der Waals surface area (Å²) >= 11 is 6.70. The van der Waals surface area contributed by atoms with E-state index in [2.05, 4.69) is 34.2 Å². The maximum atomic E-state index is 14.5. The minimum atomic E-state index is -4.29. The van der Waals surface area contributed by atoms with Crippen LogP contribution in [0.5, 0.6) is 0 Å². The number of anilines is 2. The molecule has 0 bridgehead atoms. The Morgan fingerprint density at radius 1 is 1.24 bits per heavy atom. The van der Waals surface area contributed by atoms with E-state index < -0.39 is 25.9 Å². The van der Waals surface area contributed by atoms with Crippen LogP contribution in [0.3, 0.4) is 0 Å². The van der Waals surface area contributed by atoms with Crippen LogP contribution >= 0.6 is 22.9 Å². The summed E-state index contributed by atoms with van der Waals surface area (Å²) in [7, 11) is -4.29.